The van der Waals surface area contributed by atoms with E-state index in [-0.39, 0.29) is 6.29 Å². The molecular weight excluding hydrogens is 112 g/mol. The van der Waals surface area contributed by atoms with Crippen LogP contribution in [-0.4, -0.2) is 26.3 Å². The zero-order chi connectivity index (χ0) is 5.70. The smallest absolute Gasteiger partial charge is 0.166 e. The summed E-state index contributed by atoms with van der Waals surface area (Å²) in [6.45, 7) is 0. The first kappa shape index (κ1) is 7.27. The first-order valence-corrected chi connectivity index (χ1v) is 2.56. The van der Waals surface area contributed by atoms with Crippen LogP contribution in [0.25, 0.3) is 0 Å². The molecule has 7 heavy (non-hydrogen) atoms. The molecule has 0 rings (SSSR count). The van der Waals surface area contributed by atoms with Crippen LogP contribution in [0.2, 0.25) is 0 Å². The lowest BCUT2D eigenvalue weighted by atomic mass is 10.7. The van der Waals surface area contributed by atoms with Crippen molar-refractivity contribution in [2.45, 2.75) is 6.29 Å². The molecule has 0 heterocycles. The van der Waals surface area contributed by atoms with E-state index < -0.39 is 0 Å². The molecule has 0 aliphatic rings. The Labute approximate surface area is 49.2 Å². The maximum atomic E-state index is 4.72. The van der Waals surface area contributed by atoms with Gasteiger partial charge in [0.1, 0.15) is 0 Å². The summed E-state index contributed by atoms with van der Waals surface area (Å²) < 4.78 is 9.44. The highest BCUT2D eigenvalue weighted by Crippen LogP contribution is 1.90. The Kier molecular flexibility index (Phi) is 4.60. The van der Waals surface area contributed by atoms with Crippen molar-refractivity contribution in [2.75, 3.05) is 20.0 Å². The van der Waals surface area contributed by atoms with Crippen molar-refractivity contribution >= 4 is 12.6 Å². The van der Waals surface area contributed by atoms with E-state index in [1.165, 1.54) is 0 Å². The first-order chi connectivity index (χ1) is 3.35. The molecule has 0 spiro atoms. The zero-order valence-corrected chi connectivity index (χ0v) is 5.33. The van der Waals surface area contributed by atoms with E-state index >= 15 is 0 Å². The van der Waals surface area contributed by atoms with Gasteiger partial charge in [-0.25, -0.2) is 0 Å². The highest BCUT2D eigenvalue weighted by molar-refractivity contribution is 7.80. The Balaban J connectivity index is 2.99. The average molecular weight is 121 g/mol. The summed E-state index contributed by atoms with van der Waals surface area (Å²) in [6, 6.07) is 0. The third-order valence-corrected chi connectivity index (χ3v) is 0.934. The summed E-state index contributed by atoms with van der Waals surface area (Å²) in [7, 11) is 3.14. The maximum absolute atomic E-state index is 4.72. The van der Waals surface area contributed by atoms with E-state index in [0.717, 1.165) is 0 Å². The minimum absolute atomic E-state index is 0.199. The normalized spacial score (nSPS) is 10.3. The minimum Gasteiger partial charge on any atom is -0.355 e. The fraction of sp³-hybridized carbons (Fsp3) is 1.00. The van der Waals surface area contributed by atoms with E-state index in [1.54, 1.807) is 14.2 Å². The monoisotopic (exact) mass is 121 g/mol. The van der Waals surface area contributed by atoms with Gasteiger partial charge in [0, 0.05) is 14.2 Å². The van der Waals surface area contributed by atoms with Crippen LogP contribution in [0.1, 0.15) is 0 Å². The minimum atomic E-state index is -0.199. The third-order valence-electron chi connectivity index (χ3n) is 0.662. The number of rotatable bonds is 3. The Hall–Kier alpha value is 0.270. The molecule has 3 heteroatoms. The molecule has 0 bridgehead atoms. The molecule has 0 aromatic heterocycles. The van der Waals surface area contributed by atoms with E-state index in [2.05, 4.69) is 12.6 Å². The molecule has 0 aromatic carbocycles. The van der Waals surface area contributed by atoms with Gasteiger partial charge in [0.2, 0.25) is 0 Å². The van der Waals surface area contributed by atoms with Crippen LogP contribution in [0.5, 0.6) is 0 Å². The lowest BCUT2D eigenvalue weighted by Crippen LogP contribution is -2.13. The Morgan fingerprint density at radius 1 is 1.43 bits per heavy atom. The summed E-state index contributed by atoms with van der Waals surface area (Å²) in [5, 5.41) is 0. The van der Waals surface area contributed by atoms with Crippen LogP contribution in [0.15, 0.2) is 0 Å². The van der Waals surface area contributed by atoms with Crippen LogP contribution in [-0.2, 0) is 9.47 Å². The van der Waals surface area contributed by atoms with Gasteiger partial charge in [0.15, 0.2) is 6.29 Å². The van der Waals surface area contributed by atoms with Crippen LogP contribution < -0.4 is 0 Å². The van der Waals surface area contributed by atoms with Crippen LogP contribution in [0.3, 0.4) is 0 Å². The van der Waals surface area contributed by atoms with Crippen LogP contribution in [0, 0.1) is 0 Å². The highest BCUT2D eigenvalue weighted by Gasteiger charge is 1.97. The molecule has 0 aliphatic carbocycles. The van der Waals surface area contributed by atoms with E-state index in [4.69, 9.17) is 9.47 Å². The summed E-state index contributed by atoms with van der Waals surface area (Å²) in [5.41, 5.74) is 0. The molecule has 0 fully saturated rings. The average Bonchev–Trinajstić information content (AvgIpc) is 1.72. The molecule has 0 amide bonds. The number of ether oxygens (including phenoxy) is 2. The van der Waals surface area contributed by atoms with Gasteiger partial charge < -0.3 is 9.47 Å². The van der Waals surface area contributed by atoms with Crippen molar-refractivity contribution in [1.29, 1.82) is 0 Å². The topological polar surface area (TPSA) is 18.5 Å². The molecule has 0 N–H and O–H groups in total. The fourth-order valence-corrected chi connectivity index (χ4v) is 0.504. The van der Waals surface area contributed by atoms with Gasteiger partial charge in [-0.05, 0) is 0 Å². The molecule has 0 aromatic rings. The Bertz CT molecular complexity index is 31.2. The van der Waals surface area contributed by atoms with Gasteiger partial charge in [-0.2, -0.15) is 0 Å². The predicted molar refractivity (Wildman–Crippen MR) is 30.3 cm³/mol. The van der Waals surface area contributed by atoms with Crippen LogP contribution in [0.4, 0.5) is 0 Å². The zero-order valence-electron chi connectivity index (χ0n) is 4.51. The molecule has 0 atom stereocenters. The lowest BCUT2D eigenvalue weighted by Gasteiger charge is -2.07. The summed E-state index contributed by atoms with van der Waals surface area (Å²) in [6.07, 6.45) is -0.199. The first-order valence-electron chi connectivity index (χ1n) is 1.98. The summed E-state index contributed by atoms with van der Waals surface area (Å²) in [5.74, 6) is 0.493. The standard InChI is InChI=1S/C4H9O2S/c1-5-4(3-7)6-2/h4H,3H2,1-2H3. The quantitative estimate of drug-likeness (QED) is 0.514. The second-order valence-electron chi connectivity index (χ2n) is 1.07. The van der Waals surface area contributed by atoms with Crippen molar-refractivity contribution < 1.29 is 9.47 Å². The fourth-order valence-electron chi connectivity index (χ4n) is 0.232. The Morgan fingerprint density at radius 3 is 1.86 bits per heavy atom. The molecular formula is C4H9O2S. The highest BCUT2D eigenvalue weighted by atomic mass is 32.1. The van der Waals surface area contributed by atoms with Crippen molar-refractivity contribution in [2.24, 2.45) is 0 Å². The van der Waals surface area contributed by atoms with Gasteiger partial charge in [-0.15, -0.1) is 0 Å². The predicted octanol–water partition coefficient (Wildman–Crippen LogP) is 0.803. The number of hydrogen-bond acceptors (Lipinski definition) is 2. The molecule has 0 unspecified atom stereocenters. The summed E-state index contributed by atoms with van der Waals surface area (Å²) in [4.78, 5) is 0. The molecule has 0 saturated carbocycles. The molecule has 2 nitrogen and oxygen atoms in total. The van der Waals surface area contributed by atoms with Gasteiger partial charge in [0.05, 0.1) is 5.75 Å². The van der Waals surface area contributed by atoms with Gasteiger partial charge in [-0.1, -0.05) is 12.6 Å². The van der Waals surface area contributed by atoms with Gasteiger partial charge >= 0.3 is 0 Å². The second-order valence-corrected chi connectivity index (χ2v) is 1.40. The Morgan fingerprint density at radius 2 is 1.86 bits per heavy atom. The van der Waals surface area contributed by atoms with Crippen molar-refractivity contribution in [3.63, 3.8) is 0 Å². The van der Waals surface area contributed by atoms with Gasteiger partial charge in [0.25, 0.3) is 0 Å². The van der Waals surface area contributed by atoms with Crippen molar-refractivity contribution in [3.8, 4) is 0 Å². The lowest BCUT2D eigenvalue weighted by molar-refractivity contribution is -0.0840. The largest absolute Gasteiger partial charge is 0.355 e. The van der Waals surface area contributed by atoms with Crippen molar-refractivity contribution in [1.82, 2.24) is 0 Å². The number of hydrogen-bond donors (Lipinski definition) is 0. The van der Waals surface area contributed by atoms with E-state index in [9.17, 15) is 0 Å². The second kappa shape index (κ2) is 4.43. The third kappa shape index (κ3) is 2.91. The van der Waals surface area contributed by atoms with Crippen LogP contribution >= 0.6 is 12.6 Å². The van der Waals surface area contributed by atoms with Gasteiger partial charge in [-0.3, -0.25) is 0 Å². The summed E-state index contributed by atoms with van der Waals surface area (Å²) >= 11 is 4.62. The maximum Gasteiger partial charge on any atom is 0.166 e. The van der Waals surface area contributed by atoms with E-state index in [1.807, 2.05) is 0 Å². The van der Waals surface area contributed by atoms with E-state index in [0.29, 0.717) is 5.75 Å². The van der Waals surface area contributed by atoms with Crippen molar-refractivity contribution in [3.05, 3.63) is 0 Å². The molecule has 0 saturated heterocycles. The molecule has 1 radical (unpaired) electrons. The molecule has 0 aliphatic heterocycles. The SMILES string of the molecule is COC(C[S])OC. The number of methoxy groups -OCH3 is 2. The molecule has 43 valence electrons.